The van der Waals surface area contributed by atoms with Crippen LogP contribution in [0.25, 0.3) is 0 Å². The van der Waals surface area contributed by atoms with Crippen molar-refractivity contribution in [3.05, 3.63) is 11.9 Å². The predicted molar refractivity (Wildman–Crippen MR) is 71.3 cm³/mol. The Morgan fingerprint density at radius 2 is 2.00 bits per heavy atom. The fraction of sp³-hybridized carbons (Fsp3) is 0.692. The maximum absolute atomic E-state index is 11.6. The van der Waals surface area contributed by atoms with Gasteiger partial charge in [0.05, 0.1) is 12.3 Å². The van der Waals surface area contributed by atoms with E-state index in [2.05, 4.69) is 12.0 Å². The number of unbranched alkanes of at least 4 members (excludes halogenated alkanes) is 5. The molecule has 1 heterocycles. The molecule has 18 heavy (non-hydrogen) atoms. The molecule has 5 nitrogen and oxygen atoms in total. The van der Waals surface area contributed by atoms with Crippen molar-refractivity contribution in [2.24, 2.45) is 7.05 Å². The number of hydrogen-bond acceptors (Lipinski definition) is 4. The second kappa shape index (κ2) is 7.74. The molecule has 5 heteroatoms. The van der Waals surface area contributed by atoms with Crippen LogP contribution in [0.1, 0.15) is 55.9 Å². The third kappa shape index (κ3) is 4.77. The van der Waals surface area contributed by atoms with Crippen LogP contribution in [0.5, 0.6) is 0 Å². The fourth-order valence-corrected chi connectivity index (χ4v) is 1.78. The average molecular weight is 253 g/mol. The summed E-state index contributed by atoms with van der Waals surface area (Å²) in [5.41, 5.74) is 6.22. The fourth-order valence-electron chi connectivity index (χ4n) is 1.78. The minimum Gasteiger partial charge on any atom is -0.461 e. The molecular weight excluding hydrogens is 230 g/mol. The van der Waals surface area contributed by atoms with Crippen LogP contribution in [0.15, 0.2) is 6.20 Å². The van der Waals surface area contributed by atoms with Crippen LogP contribution in [0.2, 0.25) is 0 Å². The van der Waals surface area contributed by atoms with Gasteiger partial charge in [-0.2, -0.15) is 5.10 Å². The van der Waals surface area contributed by atoms with Crippen molar-refractivity contribution in [1.82, 2.24) is 9.78 Å². The van der Waals surface area contributed by atoms with Crippen LogP contribution >= 0.6 is 0 Å². The molecule has 0 aliphatic rings. The Hall–Kier alpha value is -1.52. The maximum atomic E-state index is 11.6. The van der Waals surface area contributed by atoms with Crippen LogP contribution in [-0.4, -0.2) is 22.4 Å². The van der Waals surface area contributed by atoms with E-state index in [9.17, 15) is 4.79 Å². The first kappa shape index (κ1) is 14.5. The zero-order chi connectivity index (χ0) is 13.4. The van der Waals surface area contributed by atoms with Crippen molar-refractivity contribution < 1.29 is 9.53 Å². The molecule has 0 aromatic carbocycles. The normalized spacial score (nSPS) is 10.6. The minimum absolute atomic E-state index is 0.212. The molecule has 0 aliphatic carbocycles. The molecule has 0 saturated heterocycles. The van der Waals surface area contributed by atoms with Gasteiger partial charge in [0.25, 0.3) is 0 Å². The number of ether oxygens (including phenoxy) is 1. The number of esters is 1. The molecule has 0 spiro atoms. The Morgan fingerprint density at radius 1 is 1.33 bits per heavy atom. The number of hydrogen-bond donors (Lipinski definition) is 1. The van der Waals surface area contributed by atoms with Gasteiger partial charge in [-0.25, -0.2) is 4.79 Å². The Bertz CT molecular complexity index is 374. The Balaban J connectivity index is 2.16. The number of aryl methyl sites for hydroxylation is 1. The average Bonchev–Trinajstić information content (AvgIpc) is 2.67. The van der Waals surface area contributed by atoms with Crippen molar-refractivity contribution in [1.29, 1.82) is 0 Å². The lowest BCUT2D eigenvalue weighted by molar-refractivity contribution is 0.0491. The highest BCUT2D eigenvalue weighted by Gasteiger charge is 2.14. The Kier molecular flexibility index (Phi) is 6.25. The number of rotatable bonds is 8. The van der Waals surface area contributed by atoms with Crippen molar-refractivity contribution in [3.63, 3.8) is 0 Å². The second-order valence-electron chi connectivity index (χ2n) is 4.51. The lowest BCUT2D eigenvalue weighted by atomic mass is 10.1. The highest BCUT2D eigenvalue weighted by atomic mass is 16.5. The van der Waals surface area contributed by atoms with Gasteiger partial charge in [-0.15, -0.1) is 0 Å². The Morgan fingerprint density at radius 3 is 2.61 bits per heavy atom. The summed E-state index contributed by atoms with van der Waals surface area (Å²) >= 11 is 0. The third-order valence-electron chi connectivity index (χ3n) is 2.78. The first-order valence-electron chi connectivity index (χ1n) is 6.61. The van der Waals surface area contributed by atoms with Crippen molar-refractivity contribution in [2.75, 3.05) is 12.3 Å². The largest absolute Gasteiger partial charge is 0.461 e. The van der Waals surface area contributed by atoms with Crippen molar-refractivity contribution in [3.8, 4) is 0 Å². The molecule has 0 fully saturated rings. The van der Waals surface area contributed by atoms with Gasteiger partial charge >= 0.3 is 5.97 Å². The molecule has 1 aromatic heterocycles. The monoisotopic (exact) mass is 253 g/mol. The van der Waals surface area contributed by atoms with Crippen LogP contribution in [-0.2, 0) is 11.8 Å². The molecule has 0 bridgehead atoms. The van der Waals surface area contributed by atoms with E-state index in [4.69, 9.17) is 10.5 Å². The molecule has 0 amide bonds. The number of nitrogen functional groups attached to an aromatic ring is 1. The SMILES string of the molecule is CCCCCCCCOC(=O)c1nn(C)cc1N. The molecule has 0 unspecified atom stereocenters. The maximum Gasteiger partial charge on any atom is 0.361 e. The number of carbonyl (C=O) groups is 1. The van der Waals surface area contributed by atoms with Crippen LogP contribution in [0.3, 0.4) is 0 Å². The standard InChI is InChI=1S/C13H23N3O2/c1-3-4-5-6-7-8-9-18-13(17)12-11(14)10-16(2)15-12/h10H,3-9,14H2,1-2H3. The van der Waals surface area contributed by atoms with Crippen LogP contribution in [0, 0.1) is 0 Å². The first-order chi connectivity index (χ1) is 8.65. The quantitative estimate of drug-likeness (QED) is 0.571. The van der Waals surface area contributed by atoms with E-state index in [0.29, 0.717) is 12.3 Å². The van der Waals surface area contributed by atoms with Gasteiger partial charge in [0, 0.05) is 13.2 Å². The zero-order valence-electron chi connectivity index (χ0n) is 11.3. The van der Waals surface area contributed by atoms with Gasteiger partial charge in [-0.1, -0.05) is 39.0 Å². The molecule has 0 saturated carbocycles. The number of anilines is 1. The number of nitrogens with zero attached hydrogens (tertiary/aromatic N) is 2. The number of carbonyl (C=O) groups excluding carboxylic acids is 1. The number of aromatic nitrogens is 2. The van der Waals surface area contributed by atoms with Gasteiger partial charge in [0.15, 0.2) is 5.69 Å². The predicted octanol–water partition coefficient (Wildman–Crippen LogP) is 2.52. The highest BCUT2D eigenvalue weighted by Crippen LogP contribution is 2.10. The molecule has 102 valence electrons. The van der Waals surface area contributed by atoms with E-state index in [1.165, 1.54) is 30.4 Å². The Labute approximate surface area is 108 Å². The van der Waals surface area contributed by atoms with Gasteiger partial charge < -0.3 is 10.5 Å². The van der Waals surface area contributed by atoms with Crippen molar-refractivity contribution in [2.45, 2.75) is 45.4 Å². The summed E-state index contributed by atoms with van der Waals surface area (Å²) in [5, 5.41) is 3.97. The summed E-state index contributed by atoms with van der Waals surface area (Å²) in [4.78, 5) is 11.6. The highest BCUT2D eigenvalue weighted by molar-refractivity contribution is 5.92. The van der Waals surface area contributed by atoms with Crippen LogP contribution in [0.4, 0.5) is 5.69 Å². The summed E-state index contributed by atoms with van der Waals surface area (Å²) in [6.07, 6.45) is 8.60. The van der Waals surface area contributed by atoms with Gasteiger partial charge in [-0.05, 0) is 6.42 Å². The zero-order valence-corrected chi connectivity index (χ0v) is 11.3. The molecule has 2 N–H and O–H groups in total. The lowest BCUT2D eigenvalue weighted by Crippen LogP contribution is -2.09. The third-order valence-corrected chi connectivity index (χ3v) is 2.78. The van der Waals surface area contributed by atoms with E-state index in [-0.39, 0.29) is 5.69 Å². The molecule has 0 aliphatic heterocycles. The summed E-state index contributed by atoms with van der Waals surface area (Å²) < 4.78 is 6.64. The van der Waals surface area contributed by atoms with E-state index in [0.717, 1.165) is 12.8 Å². The summed E-state index contributed by atoms with van der Waals surface area (Å²) in [5.74, 6) is -0.429. The molecular formula is C13H23N3O2. The molecule has 1 rings (SSSR count). The summed E-state index contributed by atoms with van der Waals surface area (Å²) in [6.45, 7) is 2.64. The van der Waals surface area contributed by atoms with Gasteiger partial charge in [-0.3, -0.25) is 4.68 Å². The van der Waals surface area contributed by atoms with Crippen LogP contribution < -0.4 is 5.73 Å². The van der Waals surface area contributed by atoms with Crippen molar-refractivity contribution >= 4 is 11.7 Å². The van der Waals surface area contributed by atoms with Gasteiger partial charge in [0.1, 0.15) is 0 Å². The summed E-state index contributed by atoms with van der Waals surface area (Å²) in [7, 11) is 1.72. The van der Waals surface area contributed by atoms with E-state index >= 15 is 0 Å². The van der Waals surface area contributed by atoms with Gasteiger partial charge in [0.2, 0.25) is 0 Å². The van der Waals surface area contributed by atoms with E-state index in [1.54, 1.807) is 13.2 Å². The molecule has 0 atom stereocenters. The number of nitrogens with two attached hydrogens (primary N) is 1. The first-order valence-corrected chi connectivity index (χ1v) is 6.61. The lowest BCUT2D eigenvalue weighted by Gasteiger charge is -2.03. The smallest absolute Gasteiger partial charge is 0.361 e. The molecule has 0 radical (unpaired) electrons. The van der Waals surface area contributed by atoms with E-state index in [1.807, 2.05) is 0 Å². The second-order valence-corrected chi connectivity index (χ2v) is 4.51. The molecule has 1 aromatic rings. The topological polar surface area (TPSA) is 70.1 Å². The minimum atomic E-state index is -0.429. The summed E-state index contributed by atoms with van der Waals surface area (Å²) in [6, 6.07) is 0. The van der Waals surface area contributed by atoms with E-state index < -0.39 is 5.97 Å².